The van der Waals surface area contributed by atoms with Crippen LogP contribution in [-0.4, -0.2) is 27.0 Å². The highest BCUT2D eigenvalue weighted by atomic mass is 32.2. The molecule has 2 atom stereocenters. The van der Waals surface area contributed by atoms with Crippen LogP contribution in [0.3, 0.4) is 0 Å². The van der Waals surface area contributed by atoms with Crippen LogP contribution in [0.1, 0.15) is 49.0 Å². The number of benzene rings is 2. The summed E-state index contributed by atoms with van der Waals surface area (Å²) in [6, 6.07) is 15.2. The van der Waals surface area contributed by atoms with E-state index in [-0.39, 0.29) is 12.8 Å². The summed E-state index contributed by atoms with van der Waals surface area (Å²) in [5.41, 5.74) is 3.85. The minimum atomic E-state index is -3.66. The second-order valence-corrected chi connectivity index (χ2v) is 9.13. The molecule has 0 bridgehead atoms. The Balaban J connectivity index is 2.26. The van der Waals surface area contributed by atoms with E-state index in [9.17, 15) is 13.2 Å². The van der Waals surface area contributed by atoms with Gasteiger partial charge >= 0.3 is 5.97 Å². The van der Waals surface area contributed by atoms with Crippen LogP contribution in [0.5, 0.6) is 0 Å². The lowest BCUT2D eigenvalue weighted by Gasteiger charge is -2.22. The van der Waals surface area contributed by atoms with Crippen molar-refractivity contribution < 1.29 is 17.9 Å². The first-order valence-corrected chi connectivity index (χ1v) is 11.4. The molecule has 0 saturated carbocycles. The second kappa shape index (κ2) is 11.1. The number of unbranched alkanes of at least 4 members (excludes halogenated alkanes) is 1. The fourth-order valence-electron chi connectivity index (χ4n) is 3.20. The number of esters is 1. The Morgan fingerprint density at radius 3 is 2.34 bits per heavy atom. The summed E-state index contributed by atoms with van der Waals surface area (Å²) in [6.07, 6.45) is 2.17. The normalized spacial score (nSPS) is 13.6. The number of carbonyl (C=O) groups is 1. The Bertz CT molecular complexity index is 885. The average molecular weight is 419 g/mol. The summed E-state index contributed by atoms with van der Waals surface area (Å²) in [5, 5.41) is -0.788. The van der Waals surface area contributed by atoms with Crippen molar-refractivity contribution in [3.63, 3.8) is 0 Å². The molecule has 0 saturated heterocycles. The quantitative estimate of drug-likeness (QED) is 0.251. The molecular weight excluding hydrogens is 388 g/mol. The predicted molar refractivity (Wildman–Crippen MR) is 114 cm³/mol. The molecule has 6 nitrogen and oxygen atoms in total. The number of nitrogens with two attached hydrogens (primary N) is 1. The standard InChI is InChI=1S/C22H30N2O4S/c1-3-4-16-28-22(25)19(24-23)14-15-21(18-11-6-5-7-12-18)29(26,27)20-13-9-8-10-17(20)2/h5-13,19,21,24H,3-4,14-16,23H2,1-2H3. The SMILES string of the molecule is CCCCOC(=O)C(CCC(c1ccccc1)S(=O)(=O)c1ccccc1C)NN. The first kappa shape index (κ1) is 23.1. The zero-order valence-electron chi connectivity index (χ0n) is 17.0. The van der Waals surface area contributed by atoms with E-state index in [2.05, 4.69) is 5.43 Å². The van der Waals surface area contributed by atoms with Crippen LogP contribution >= 0.6 is 0 Å². The Kier molecular flexibility index (Phi) is 8.82. The van der Waals surface area contributed by atoms with Crippen molar-refractivity contribution in [3.8, 4) is 0 Å². The minimum Gasteiger partial charge on any atom is -0.464 e. The molecule has 2 unspecified atom stereocenters. The van der Waals surface area contributed by atoms with Gasteiger partial charge in [0, 0.05) is 0 Å². The van der Waals surface area contributed by atoms with Gasteiger partial charge in [-0.3, -0.25) is 10.6 Å². The number of aryl methyl sites for hydroxylation is 1. The van der Waals surface area contributed by atoms with Gasteiger partial charge in [-0.2, -0.15) is 0 Å². The van der Waals surface area contributed by atoms with Crippen molar-refractivity contribution in [3.05, 3.63) is 65.7 Å². The molecule has 0 heterocycles. The molecule has 2 aromatic rings. The number of nitrogens with one attached hydrogen (secondary N) is 1. The van der Waals surface area contributed by atoms with E-state index in [1.54, 1.807) is 37.3 Å². The van der Waals surface area contributed by atoms with Gasteiger partial charge in [0.15, 0.2) is 9.84 Å². The van der Waals surface area contributed by atoms with Gasteiger partial charge in [0.05, 0.1) is 16.8 Å². The molecule has 0 radical (unpaired) electrons. The predicted octanol–water partition coefficient (Wildman–Crippen LogP) is 3.47. The van der Waals surface area contributed by atoms with Gasteiger partial charge in [0.1, 0.15) is 6.04 Å². The van der Waals surface area contributed by atoms with E-state index in [0.717, 1.165) is 12.8 Å². The van der Waals surface area contributed by atoms with E-state index < -0.39 is 27.1 Å². The molecule has 0 spiro atoms. The Morgan fingerprint density at radius 2 is 1.72 bits per heavy atom. The molecule has 0 aliphatic heterocycles. The number of rotatable bonds is 11. The summed E-state index contributed by atoms with van der Waals surface area (Å²) in [7, 11) is -3.66. The smallest absolute Gasteiger partial charge is 0.324 e. The topological polar surface area (TPSA) is 98.5 Å². The molecular formula is C22H30N2O4S. The zero-order valence-corrected chi connectivity index (χ0v) is 17.8. The van der Waals surface area contributed by atoms with E-state index in [4.69, 9.17) is 10.6 Å². The number of hydrazine groups is 1. The molecule has 3 N–H and O–H groups in total. The lowest BCUT2D eigenvalue weighted by Crippen LogP contribution is -2.42. The lowest BCUT2D eigenvalue weighted by molar-refractivity contribution is -0.146. The van der Waals surface area contributed by atoms with Gasteiger partial charge in [0.2, 0.25) is 0 Å². The van der Waals surface area contributed by atoms with Crippen molar-refractivity contribution in [2.45, 2.75) is 55.7 Å². The van der Waals surface area contributed by atoms with Crippen LogP contribution in [0.4, 0.5) is 0 Å². The molecule has 0 aliphatic carbocycles. The Labute approximate surface area is 173 Å². The van der Waals surface area contributed by atoms with Crippen molar-refractivity contribution in [2.24, 2.45) is 5.84 Å². The highest BCUT2D eigenvalue weighted by Gasteiger charge is 2.32. The highest BCUT2D eigenvalue weighted by Crippen LogP contribution is 2.34. The fraction of sp³-hybridized carbons (Fsp3) is 0.409. The number of hydrogen-bond donors (Lipinski definition) is 2. The summed E-state index contributed by atoms with van der Waals surface area (Å²) in [6.45, 7) is 4.12. The first-order chi connectivity index (χ1) is 13.9. The summed E-state index contributed by atoms with van der Waals surface area (Å²) in [4.78, 5) is 12.6. The van der Waals surface area contributed by atoms with Crippen molar-refractivity contribution in [1.82, 2.24) is 5.43 Å². The van der Waals surface area contributed by atoms with Crippen LogP contribution in [0.2, 0.25) is 0 Å². The van der Waals surface area contributed by atoms with Crippen LogP contribution < -0.4 is 11.3 Å². The summed E-state index contributed by atoms with van der Waals surface area (Å²) >= 11 is 0. The van der Waals surface area contributed by atoms with Gasteiger partial charge in [-0.15, -0.1) is 0 Å². The van der Waals surface area contributed by atoms with Gasteiger partial charge in [0.25, 0.3) is 0 Å². The van der Waals surface area contributed by atoms with Gasteiger partial charge in [-0.25, -0.2) is 13.8 Å². The average Bonchev–Trinajstić information content (AvgIpc) is 2.72. The highest BCUT2D eigenvalue weighted by molar-refractivity contribution is 7.91. The third-order valence-electron chi connectivity index (χ3n) is 4.89. The molecule has 2 aromatic carbocycles. The maximum atomic E-state index is 13.5. The molecule has 7 heteroatoms. The number of ether oxygens (including phenoxy) is 1. The fourth-order valence-corrected chi connectivity index (χ4v) is 5.26. The van der Waals surface area contributed by atoms with Gasteiger partial charge in [-0.05, 0) is 43.4 Å². The van der Waals surface area contributed by atoms with Crippen LogP contribution in [0.25, 0.3) is 0 Å². The van der Waals surface area contributed by atoms with Crippen LogP contribution in [-0.2, 0) is 19.4 Å². The van der Waals surface area contributed by atoms with E-state index in [1.165, 1.54) is 0 Å². The Hall–Kier alpha value is -2.22. The number of hydrogen-bond acceptors (Lipinski definition) is 6. The molecule has 158 valence electrons. The molecule has 2 rings (SSSR count). The number of carbonyl (C=O) groups excluding carboxylic acids is 1. The largest absolute Gasteiger partial charge is 0.464 e. The van der Waals surface area contributed by atoms with Gasteiger partial charge in [-0.1, -0.05) is 61.9 Å². The molecule has 0 amide bonds. The Morgan fingerprint density at radius 1 is 1.07 bits per heavy atom. The van der Waals surface area contributed by atoms with E-state index in [0.29, 0.717) is 22.6 Å². The summed E-state index contributed by atoms with van der Waals surface area (Å²) in [5.74, 6) is 5.09. The van der Waals surface area contributed by atoms with Crippen molar-refractivity contribution in [2.75, 3.05) is 6.61 Å². The second-order valence-electron chi connectivity index (χ2n) is 7.03. The first-order valence-electron chi connectivity index (χ1n) is 9.89. The van der Waals surface area contributed by atoms with Crippen molar-refractivity contribution >= 4 is 15.8 Å². The maximum absolute atomic E-state index is 13.5. The van der Waals surface area contributed by atoms with Crippen LogP contribution in [0.15, 0.2) is 59.5 Å². The van der Waals surface area contributed by atoms with Gasteiger partial charge < -0.3 is 4.74 Å². The van der Waals surface area contributed by atoms with E-state index in [1.807, 2.05) is 31.2 Å². The molecule has 29 heavy (non-hydrogen) atoms. The van der Waals surface area contributed by atoms with E-state index >= 15 is 0 Å². The monoisotopic (exact) mass is 418 g/mol. The third kappa shape index (κ3) is 6.13. The maximum Gasteiger partial charge on any atom is 0.324 e. The zero-order chi connectivity index (χ0) is 21.3. The lowest BCUT2D eigenvalue weighted by atomic mass is 10.0. The van der Waals surface area contributed by atoms with Crippen LogP contribution in [0, 0.1) is 6.92 Å². The summed E-state index contributed by atoms with van der Waals surface area (Å²) < 4.78 is 32.2. The minimum absolute atomic E-state index is 0.235. The molecule has 0 aromatic heterocycles. The molecule has 0 aliphatic rings. The third-order valence-corrected chi connectivity index (χ3v) is 7.22. The molecule has 0 fully saturated rings. The van der Waals surface area contributed by atoms with Crippen molar-refractivity contribution in [1.29, 1.82) is 0 Å². The number of sulfone groups is 1.